The molecule has 0 saturated carbocycles. The van der Waals surface area contributed by atoms with Crippen LogP contribution in [0.3, 0.4) is 0 Å². The van der Waals surface area contributed by atoms with Gasteiger partial charge in [-0.05, 0) is 49.2 Å². The molecule has 0 spiro atoms. The number of nitrogens with one attached hydrogen (secondary N) is 2. The lowest BCUT2D eigenvalue weighted by Crippen LogP contribution is -2.26. The fraction of sp³-hybridized carbons (Fsp3) is 0.300. The Bertz CT molecular complexity index is 792. The third-order valence-corrected chi connectivity index (χ3v) is 5.60. The van der Waals surface area contributed by atoms with Crippen LogP contribution in [0.15, 0.2) is 53.4 Å². The average molecular weight is 405 g/mol. The molecule has 1 atom stereocenters. The van der Waals surface area contributed by atoms with E-state index in [0.717, 1.165) is 17.7 Å². The summed E-state index contributed by atoms with van der Waals surface area (Å²) in [7, 11) is 0. The van der Waals surface area contributed by atoms with Gasteiger partial charge in [0.1, 0.15) is 6.10 Å². The number of carbonyl (C=O) groups excluding carboxylic acids is 2. The Hall–Kier alpha value is -2.02. The number of thioether (sulfide) groups is 1. The monoisotopic (exact) mass is 404 g/mol. The van der Waals surface area contributed by atoms with Gasteiger partial charge in [0.2, 0.25) is 5.91 Å². The van der Waals surface area contributed by atoms with Crippen molar-refractivity contribution in [3.63, 3.8) is 0 Å². The second-order valence-corrected chi connectivity index (χ2v) is 7.69. The van der Waals surface area contributed by atoms with Gasteiger partial charge in [-0.3, -0.25) is 9.59 Å². The van der Waals surface area contributed by atoms with E-state index in [1.165, 1.54) is 0 Å². The topological polar surface area (TPSA) is 67.4 Å². The predicted octanol–water partition coefficient (Wildman–Crippen LogP) is 4.58. The molecule has 5 nitrogen and oxygen atoms in total. The number of carbonyl (C=O) groups is 2. The molecule has 2 aromatic carbocycles. The van der Waals surface area contributed by atoms with Gasteiger partial charge in [0, 0.05) is 35.1 Å². The first-order valence-corrected chi connectivity index (χ1v) is 10.2. The Morgan fingerprint density at radius 2 is 1.78 bits per heavy atom. The molecule has 1 fully saturated rings. The molecule has 2 amide bonds. The quantitative estimate of drug-likeness (QED) is 0.663. The van der Waals surface area contributed by atoms with Crippen LogP contribution in [0.2, 0.25) is 5.02 Å². The van der Waals surface area contributed by atoms with Crippen molar-refractivity contribution < 1.29 is 14.3 Å². The summed E-state index contributed by atoms with van der Waals surface area (Å²) in [6.07, 6.45) is 1.69. The molecule has 1 unspecified atom stereocenters. The van der Waals surface area contributed by atoms with Crippen LogP contribution in [0.5, 0.6) is 0 Å². The average Bonchev–Trinajstić information content (AvgIpc) is 3.20. The molecule has 142 valence electrons. The van der Waals surface area contributed by atoms with E-state index in [2.05, 4.69) is 10.6 Å². The van der Waals surface area contributed by atoms with Crippen LogP contribution in [0, 0.1) is 0 Å². The van der Waals surface area contributed by atoms with Crippen molar-refractivity contribution in [2.24, 2.45) is 0 Å². The highest BCUT2D eigenvalue weighted by Gasteiger charge is 2.23. The first-order valence-electron chi connectivity index (χ1n) is 8.81. The Labute approximate surface area is 167 Å². The minimum absolute atomic E-state index is 0.0642. The summed E-state index contributed by atoms with van der Waals surface area (Å²) in [5.41, 5.74) is 1.38. The van der Waals surface area contributed by atoms with Crippen molar-refractivity contribution in [1.82, 2.24) is 0 Å². The standard InChI is InChI=1S/C20H21ClN2O3S/c21-16-4-1-2-6-18(16)27-13-11-19(24)22-14-7-9-15(10-8-14)23-20(25)17-5-3-12-26-17/h1-2,4,6-10,17H,3,5,11-13H2,(H,22,24)(H,23,25). The third-order valence-electron chi connectivity index (χ3n) is 4.08. The minimum atomic E-state index is -0.361. The molecule has 3 rings (SSSR count). The number of halogens is 1. The molecule has 1 saturated heterocycles. The van der Waals surface area contributed by atoms with Crippen molar-refractivity contribution in [2.45, 2.75) is 30.3 Å². The van der Waals surface area contributed by atoms with E-state index < -0.39 is 0 Å². The number of benzene rings is 2. The van der Waals surface area contributed by atoms with Crippen LogP contribution >= 0.6 is 23.4 Å². The highest BCUT2D eigenvalue weighted by Crippen LogP contribution is 2.27. The van der Waals surface area contributed by atoms with Gasteiger partial charge in [-0.25, -0.2) is 0 Å². The van der Waals surface area contributed by atoms with Crippen molar-refractivity contribution in [3.8, 4) is 0 Å². The molecule has 2 N–H and O–H groups in total. The second kappa shape index (κ2) is 9.78. The maximum absolute atomic E-state index is 12.1. The summed E-state index contributed by atoms with van der Waals surface area (Å²) in [6, 6.07) is 14.6. The van der Waals surface area contributed by atoms with Crippen molar-refractivity contribution in [2.75, 3.05) is 23.0 Å². The maximum Gasteiger partial charge on any atom is 0.253 e. The highest BCUT2D eigenvalue weighted by atomic mass is 35.5. The van der Waals surface area contributed by atoms with Gasteiger partial charge in [-0.15, -0.1) is 11.8 Å². The largest absolute Gasteiger partial charge is 0.368 e. The maximum atomic E-state index is 12.1. The molecule has 0 aromatic heterocycles. The van der Waals surface area contributed by atoms with Gasteiger partial charge in [0.05, 0.1) is 5.02 Å². The van der Waals surface area contributed by atoms with Gasteiger partial charge < -0.3 is 15.4 Å². The van der Waals surface area contributed by atoms with Crippen molar-refractivity contribution in [1.29, 1.82) is 0 Å². The zero-order chi connectivity index (χ0) is 19.1. The molecule has 2 aromatic rings. The van der Waals surface area contributed by atoms with Gasteiger partial charge in [0.15, 0.2) is 0 Å². The van der Waals surface area contributed by atoms with E-state index in [0.29, 0.717) is 35.2 Å². The zero-order valence-electron chi connectivity index (χ0n) is 14.7. The molecule has 1 aliphatic rings. The highest BCUT2D eigenvalue weighted by molar-refractivity contribution is 7.99. The molecule has 0 aliphatic carbocycles. The Kier molecular flexibility index (Phi) is 7.15. The molecule has 1 aliphatic heterocycles. The van der Waals surface area contributed by atoms with Crippen LogP contribution in [0.1, 0.15) is 19.3 Å². The van der Waals surface area contributed by atoms with E-state index in [4.69, 9.17) is 16.3 Å². The first-order chi connectivity index (χ1) is 13.1. The second-order valence-electron chi connectivity index (χ2n) is 6.15. The Balaban J connectivity index is 1.42. The van der Waals surface area contributed by atoms with Gasteiger partial charge in [0.25, 0.3) is 5.91 Å². The van der Waals surface area contributed by atoms with Crippen LogP contribution in [-0.4, -0.2) is 30.3 Å². The van der Waals surface area contributed by atoms with Crippen LogP contribution in [0.4, 0.5) is 11.4 Å². The molecule has 0 radical (unpaired) electrons. The number of anilines is 2. The van der Waals surface area contributed by atoms with Crippen LogP contribution in [-0.2, 0) is 14.3 Å². The SMILES string of the molecule is O=C(CCSc1ccccc1Cl)Nc1ccc(NC(=O)C2CCCO2)cc1. The molecular formula is C20H21ClN2O3S. The number of hydrogen-bond acceptors (Lipinski definition) is 4. The first kappa shape index (κ1) is 19.7. The minimum Gasteiger partial charge on any atom is -0.368 e. The van der Waals surface area contributed by atoms with E-state index in [-0.39, 0.29) is 17.9 Å². The summed E-state index contributed by atoms with van der Waals surface area (Å²) in [5, 5.41) is 6.38. The lowest BCUT2D eigenvalue weighted by atomic mass is 10.2. The van der Waals surface area contributed by atoms with E-state index in [9.17, 15) is 9.59 Å². The number of hydrogen-bond donors (Lipinski definition) is 2. The molecule has 7 heteroatoms. The number of rotatable bonds is 7. The molecule has 0 bridgehead atoms. The number of amides is 2. The summed E-state index contributed by atoms with van der Waals surface area (Å²) < 4.78 is 5.36. The lowest BCUT2D eigenvalue weighted by Gasteiger charge is -2.11. The predicted molar refractivity (Wildman–Crippen MR) is 109 cm³/mol. The van der Waals surface area contributed by atoms with Gasteiger partial charge in [-0.1, -0.05) is 23.7 Å². The summed E-state index contributed by atoms with van der Waals surface area (Å²) >= 11 is 7.66. The lowest BCUT2D eigenvalue weighted by molar-refractivity contribution is -0.124. The summed E-state index contributed by atoms with van der Waals surface area (Å²) in [4.78, 5) is 25.1. The number of ether oxygens (including phenoxy) is 1. The fourth-order valence-electron chi connectivity index (χ4n) is 2.68. The van der Waals surface area contributed by atoms with Gasteiger partial charge >= 0.3 is 0 Å². The Morgan fingerprint density at radius 3 is 2.44 bits per heavy atom. The van der Waals surface area contributed by atoms with Crippen molar-refractivity contribution in [3.05, 3.63) is 53.6 Å². The normalized spacial score (nSPS) is 16.1. The van der Waals surface area contributed by atoms with Gasteiger partial charge in [-0.2, -0.15) is 0 Å². The third kappa shape index (κ3) is 5.99. The molecular weight excluding hydrogens is 384 g/mol. The van der Waals surface area contributed by atoms with Crippen molar-refractivity contribution >= 4 is 46.6 Å². The van der Waals surface area contributed by atoms with Crippen LogP contribution < -0.4 is 10.6 Å². The zero-order valence-corrected chi connectivity index (χ0v) is 16.3. The van der Waals surface area contributed by atoms with E-state index >= 15 is 0 Å². The summed E-state index contributed by atoms with van der Waals surface area (Å²) in [6.45, 7) is 0.637. The summed E-state index contributed by atoms with van der Waals surface area (Å²) in [5.74, 6) is 0.456. The smallest absolute Gasteiger partial charge is 0.253 e. The fourth-order valence-corrected chi connectivity index (χ4v) is 3.87. The molecule has 27 heavy (non-hydrogen) atoms. The van der Waals surface area contributed by atoms with Crippen LogP contribution in [0.25, 0.3) is 0 Å². The Morgan fingerprint density at radius 1 is 1.07 bits per heavy atom. The molecule has 1 heterocycles. The van der Waals surface area contributed by atoms with E-state index in [1.807, 2.05) is 24.3 Å². The van der Waals surface area contributed by atoms with E-state index in [1.54, 1.807) is 36.0 Å².